The van der Waals surface area contributed by atoms with E-state index >= 15 is 0 Å². The zero-order valence-electron chi connectivity index (χ0n) is 16.4. The van der Waals surface area contributed by atoms with Crippen molar-refractivity contribution in [2.75, 3.05) is 0 Å². The van der Waals surface area contributed by atoms with Crippen LogP contribution in [-0.4, -0.2) is 11.1 Å². The lowest BCUT2D eigenvalue weighted by molar-refractivity contribution is 0.0697. The van der Waals surface area contributed by atoms with Gasteiger partial charge in [0.2, 0.25) is 0 Å². The zero-order chi connectivity index (χ0) is 20.2. The Kier molecular flexibility index (Phi) is 4.40. The van der Waals surface area contributed by atoms with Gasteiger partial charge in [0.1, 0.15) is 0 Å². The smallest absolute Gasteiger partial charge is 0.335 e. The van der Waals surface area contributed by atoms with E-state index in [1.165, 1.54) is 33.0 Å². The first-order valence-corrected chi connectivity index (χ1v) is 9.63. The van der Waals surface area contributed by atoms with Crippen LogP contribution < -0.4 is 0 Å². The number of carboxylic acid groups (broad SMARTS) is 1. The van der Waals surface area contributed by atoms with E-state index in [-0.39, 0.29) is 0 Å². The topological polar surface area (TPSA) is 37.3 Å². The Morgan fingerprint density at radius 1 is 0.750 bits per heavy atom. The highest BCUT2D eigenvalue weighted by Crippen LogP contribution is 2.38. The van der Waals surface area contributed by atoms with Crippen molar-refractivity contribution >= 4 is 39.1 Å². The van der Waals surface area contributed by atoms with Crippen LogP contribution in [0.15, 0.2) is 48.5 Å². The fourth-order valence-corrected chi connectivity index (χ4v) is 4.20. The number of hydrogen-bond donors (Lipinski definition) is 1. The van der Waals surface area contributed by atoms with Crippen molar-refractivity contribution in [3.05, 3.63) is 81.4 Å². The van der Waals surface area contributed by atoms with Gasteiger partial charge in [0.05, 0.1) is 5.56 Å². The highest BCUT2D eigenvalue weighted by atomic mass is 35.5. The monoisotopic (exact) mass is 388 g/mol. The highest BCUT2D eigenvalue weighted by molar-refractivity contribution is 6.34. The fraction of sp³-hybridized carbons (Fsp3) is 0.160. The second kappa shape index (κ2) is 6.65. The summed E-state index contributed by atoms with van der Waals surface area (Å²) in [5, 5.41) is 14.2. The quantitative estimate of drug-likeness (QED) is 0.392. The summed E-state index contributed by atoms with van der Waals surface area (Å²) in [7, 11) is 0. The molecule has 28 heavy (non-hydrogen) atoms. The molecule has 0 aliphatic carbocycles. The van der Waals surface area contributed by atoms with Gasteiger partial charge in [0, 0.05) is 10.6 Å². The summed E-state index contributed by atoms with van der Waals surface area (Å²) in [6.45, 7) is 8.64. The van der Waals surface area contributed by atoms with E-state index in [9.17, 15) is 9.90 Å². The average molecular weight is 389 g/mol. The minimum atomic E-state index is -0.917. The standard InChI is InChI=1S/C25H21ClO2/c1-13-14(2)16(4)22-12-24(26)23(11-21(22)15(13)3)19-7-5-18-10-20(25(27)28)8-6-17(18)9-19/h5-12H,1-4H3,(H,27,28). The Morgan fingerprint density at radius 2 is 1.32 bits per heavy atom. The third kappa shape index (κ3) is 2.85. The number of carboxylic acids is 1. The Labute approximate surface area is 169 Å². The molecule has 0 saturated carbocycles. The van der Waals surface area contributed by atoms with E-state index in [1.807, 2.05) is 18.2 Å². The summed E-state index contributed by atoms with van der Waals surface area (Å²) in [4.78, 5) is 11.2. The number of carbonyl (C=O) groups is 1. The third-order valence-electron chi connectivity index (χ3n) is 6.00. The number of halogens is 1. The summed E-state index contributed by atoms with van der Waals surface area (Å²) >= 11 is 6.69. The Bertz CT molecular complexity index is 1290. The van der Waals surface area contributed by atoms with E-state index in [2.05, 4.69) is 45.9 Å². The molecule has 0 heterocycles. The molecule has 4 rings (SSSR count). The predicted molar refractivity (Wildman–Crippen MR) is 118 cm³/mol. The maximum absolute atomic E-state index is 11.2. The number of rotatable bonds is 2. The van der Waals surface area contributed by atoms with Crippen molar-refractivity contribution in [3.63, 3.8) is 0 Å². The fourth-order valence-electron chi connectivity index (χ4n) is 3.93. The summed E-state index contributed by atoms with van der Waals surface area (Å²) in [6.07, 6.45) is 0. The molecule has 4 aromatic rings. The number of benzene rings is 4. The van der Waals surface area contributed by atoms with Crippen LogP contribution in [0.3, 0.4) is 0 Å². The lowest BCUT2D eigenvalue weighted by Crippen LogP contribution is -1.96. The average Bonchev–Trinajstić information content (AvgIpc) is 2.69. The van der Waals surface area contributed by atoms with E-state index in [0.717, 1.165) is 26.9 Å². The van der Waals surface area contributed by atoms with Gasteiger partial charge in [0.25, 0.3) is 0 Å². The Balaban J connectivity index is 1.94. The first-order valence-electron chi connectivity index (χ1n) is 9.25. The maximum Gasteiger partial charge on any atom is 0.335 e. The second-order valence-corrected chi connectivity index (χ2v) is 7.87. The van der Waals surface area contributed by atoms with Crippen molar-refractivity contribution in [2.45, 2.75) is 27.7 Å². The minimum Gasteiger partial charge on any atom is -0.478 e. The molecule has 0 aromatic heterocycles. The summed E-state index contributed by atoms with van der Waals surface area (Å²) in [5.74, 6) is -0.917. The van der Waals surface area contributed by atoms with Crippen LogP contribution in [0.2, 0.25) is 5.02 Å². The number of aromatic carboxylic acids is 1. The van der Waals surface area contributed by atoms with Gasteiger partial charge in [-0.05, 0) is 107 Å². The molecule has 3 heteroatoms. The van der Waals surface area contributed by atoms with Crippen LogP contribution in [0, 0.1) is 27.7 Å². The van der Waals surface area contributed by atoms with Crippen LogP contribution in [0.25, 0.3) is 32.7 Å². The molecule has 2 nitrogen and oxygen atoms in total. The Hall–Kier alpha value is -2.84. The number of aryl methyl sites for hydroxylation is 2. The van der Waals surface area contributed by atoms with Gasteiger partial charge in [0.15, 0.2) is 0 Å². The number of fused-ring (bicyclic) bond motifs is 2. The lowest BCUT2D eigenvalue weighted by Gasteiger charge is -2.16. The summed E-state index contributed by atoms with van der Waals surface area (Å²) in [6, 6.07) is 15.5. The molecular formula is C25H21ClO2. The molecule has 0 bridgehead atoms. The van der Waals surface area contributed by atoms with E-state index < -0.39 is 5.97 Å². The zero-order valence-corrected chi connectivity index (χ0v) is 17.1. The second-order valence-electron chi connectivity index (χ2n) is 7.46. The van der Waals surface area contributed by atoms with Gasteiger partial charge in [-0.15, -0.1) is 0 Å². The SMILES string of the molecule is Cc1c(C)c(C)c2cc(-c3ccc4cc(C(=O)O)ccc4c3)c(Cl)cc2c1C. The van der Waals surface area contributed by atoms with Crippen molar-refractivity contribution in [3.8, 4) is 11.1 Å². The van der Waals surface area contributed by atoms with Crippen molar-refractivity contribution in [2.24, 2.45) is 0 Å². The van der Waals surface area contributed by atoms with Gasteiger partial charge in [-0.1, -0.05) is 29.8 Å². The molecule has 0 aliphatic heterocycles. The van der Waals surface area contributed by atoms with Crippen molar-refractivity contribution < 1.29 is 9.90 Å². The molecule has 0 atom stereocenters. The van der Waals surface area contributed by atoms with Crippen LogP contribution in [0.1, 0.15) is 32.6 Å². The van der Waals surface area contributed by atoms with Crippen LogP contribution >= 0.6 is 11.6 Å². The van der Waals surface area contributed by atoms with Gasteiger partial charge in [-0.25, -0.2) is 4.79 Å². The number of hydrogen-bond acceptors (Lipinski definition) is 1. The predicted octanol–water partition coefficient (Wildman–Crippen LogP) is 7.25. The molecule has 0 spiro atoms. The molecule has 0 unspecified atom stereocenters. The molecule has 0 aliphatic rings. The van der Waals surface area contributed by atoms with Gasteiger partial charge in [-0.2, -0.15) is 0 Å². The molecular weight excluding hydrogens is 368 g/mol. The molecule has 4 aromatic carbocycles. The van der Waals surface area contributed by atoms with Gasteiger partial charge >= 0.3 is 5.97 Å². The normalized spacial score (nSPS) is 11.3. The molecule has 140 valence electrons. The third-order valence-corrected chi connectivity index (χ3v) is 6.31. The van der Waals surface area contributed by atoms with E-state index in [0.29, 0.717) is 5.56 Å². The van der Waals surface area contributed by atoms with Crippen LogP contribution in [-0.2, 0) is 0 Å². The summed E-state index contributed by atoms with van der Waals surface area (Å²) < 4.78 is 0. The van der Waals surface area contributed by atoms with Crippen molar-refractivity contribution in [1.29, 1.82) is 0 Å². The molecule has 0 radical (unpaired) electrons. The molecule has 0 fully saturated rings. The van der Waals surface area contributed by atoms with Crippen LogP contribution in [0.5, 0.6) is 0 Å². The van der Waals surface area contributed by atoms with E-state index in [1.54, 1.807) is 12.1 Å². The lowest BCUT2D eigenvalue weighted by atomic mass is 9.89. The molecule has 1 N–H and O–H groups in total. The molecule has 0 amide bonds. The molecule has 0 saturated heterocycles. The highest BCUT2D eigenvalue weighted by Gasteiger charge is 2.13. The maximum atomic E-state index is 11.2. The van der Waals surface area contributed by atoms with Crippen molar-refractivity contribution in [1.82, 2.24) is 0 Å². The van der Waals surface area contributed by atoms with Crippen LogP contribution in [0.4, 0.5) is 0 Å². The minimum absolute atomic E-state index is 0.293. The first-order chi connectivity index (χ1) is 13.3. The first kappa shape index (κ1) is 18.5. The largest absolute Gasteiger partial charge is 0.478 e. The summed E-state index contributed by atoms with van der Waals surface area (Å²) in [5.41, 5.74) is 7.49. The van der Waals surface area contributed by atoms with Gasteiger partial charge in [-0.3, -0.25) is 0 Å². The van der Waals surface area contributed by atoms with Gasteiger partial charge < -0.3 is 5.11 Å². The Morgan fingerprint density at radius 3 is 1.96 bits per heavy atom. The van der Waals surface area contributed by atoms with E-state index in [4.69, 9.17) is 11.6 Å².